The molecule has 26 heavy (non-hydrogen) atoms. The topological polar surface area (TPSA) is 87.7 Å². The Bertz CT molecular complexity index is 714. The molecule has 2 fully saturated rings. The van der Waals surface area contributed by atoms with Crippen molar-refractivity contribution in [2.24, 2.45) is 5.92 Å². The van der Waals surface area contributed by atoms with Crippen molar-refractivity contribution >= 4 is 17.8 Å². The highest BCUT2D eigenvalue weighted by Gasteiger charge is 2.51. The van der Waals surface area contributed by atoms with E-state index in [2.05, 4.69) is 10.6 Å². The van der Waals surface area contributed by atoms with Gasteiger partial charge in [-0.15, -0.1) is 0 Å². The second kappa shape index (κ2) is 6.97. The molecule has 0 radical (unpaired) electrons. The summed E-state index contributed by atoms with van der Waals surface area (Å²) in [5.41, 5.74) is -0.473. The lowest BCUT2D eigenvalue weighted by Gasteiger charge is -2.26. The number of urea groups is 1. The molecule has 2 N–H and O–H groups in total. The molecule has 1 aromatic carbocycles. The smallest absolute Gasteiger partial charge is 0.325 e. The first-order chi connectivity index (χ1) is 12.4. The van der Waals surface area contributed by atoms with Gasteiger partial charge < -0.3 is 15.4 Å². The van der Waals surface area contributed by atoms with Crippen molar-refractivity contribution in [2.45, 2.75) is 44.7 Å². The highest BCUT2D eigenvalue weighted by molar-refractivity contribution is 6.09. The van der Waals surface area contributed by atoms with Gasteiger partial charge in [-0.25, -0.2) is 4.79 Å². The quantitative estimate of drug-likeness (QED) is 0.726. The molecular weight excluding hydrogens is 334 g/mol. The second-order valence-corrected chi connectivity index (χ2v) is 7.00. The number of nitrogens with zero attached hydrogens (tertiary/aromatic N) is 1. The van der Waals surface area contributed by atoms with Crippen molar-refractivity contribution in [1.29, 1.82) is 0 Å². The summed E-state index contributed by atoms with van der Waals surface area (Å²) in [7, 11) is 1.57. The third kappa shape index (κ3) is 3.25. The first-order valence-electron chi connectivity index (χ1n) is 8.99. The number of imide groups is 1. The number of nitrogens with one attached hydrogen (secondary N) is 2. The molecule has 0 bridgehead atoms. The van der Waals surface area contributed by atoms with E-state index in [4.69, 9.17) is 4.74 Å². The Labute approximate surface area is 153 Å². The van der Waals surface area contributed by atoms with Gasteiger partial charge in [0.2, 0.25) is 5.91 Å². The minimum absolute atomic E-state index is 0.0702. The van der Waals surface area contributed by atoms with Gasteiger partial charge >= 0.3 is 6.03 Å². The third-order valence-corrected chi connectivity index (χ3v) is 5.31. The van der Waals surface area contributed by atoms with E-state index < -0.39 is 17.5 Å². The van der Waals surface area contributed by atoms with Gasteiger partial charge in [-0.05, 0) is 49.8 Å². The average Bonchev–Trinajstić information content (AvgIpc) is 3.45. The first-order valence-corrected chi connectivity index (χ1v) is 8.99. The molecule has 7 nitrogen and oxygen atoms in total. The zero-order valence-corrected chi connectivity index (χ0v) is 15.4. The van der Waals surface area contributed by atoms with Crippen LogP contribution in [0, 0.1) is 5.92 Å². The minimum atomic E-state index is -1.15. The summed E-state index contributed by atoms with van der Waals surface area (Å²) in [4.78, 5) is 38.7. The molecule has 4 amide bonds. The van der Waals surface area contributed by atoms with Gasteiger partial charge in [0, 0.05) is 6.04 Å². The third-order valence-electron chi connectivity index (χ3n) is 5.31. The van der Waals surface area contributed by atoms with E-state index in [1.54, 1.807) is 31.4 Å². The monoisotopic (exact) mass is 359 g/mol. The van der Waals surface area contributed by atoms with Crippen LogP contribution in [-0.2, 0) is 15.1 Å². The maximum absolute atomic E-state index is 13.0. The van der Waals surface area contributed by atoms with Crippen LogP contribution in [0.5, 0.6) is 5.75 Å². The molecule has 0 spiro atoms. The van der Waals surface area contributed by atoms with Crippen molar-refractivity contribution in [2.75, 3.05) is 13.7 Å². The summed E-state index contributed by atoms with van der Waals surface area (Å²) >= 11 is 0. The zero-order chi connectivity index (χ0) is 18.9. The molecule has 0 aromatic heterocycles. The fourth-order valence-electron chi connectivity index (χ4n) is 3.44. The van der Waals surface area contributed by atoms with E-state index in [-0.39, 0.29) is 18.5 Å². The molecule has 1 saturated carbocycles. The Hall–Kier alpha value is -2.57. The van der Waals surface area contributed by atoms with Gasteiger partial charge in [-0.3, -0.25) is 14.5 Å². The van der Waals surface area contributed by atoms with Gasteiger partial charge in [-0.2, -0.15) is 0 Å². The summed E-state index contributed by atoms with van der Waals surface area (Å²) in [6.45, 7) is 3.52. The minimum Gasteiger partial charge on any atom is -0.497 e. The molecule has 140 valence electrons. The van der Waals surface area contributed by atoms with Crippen LogP contribution < -0.4 is 15.4 Å². The molecule has 2 aliphatic rings. The molecule has 1 aliphatic carbocycles. The number of benzene rings is 1. The van der Waals surface area contributed by atoms with E-state index in [1.165, 1.54) is 0 Å². The van der Waals surface area contributed by atoms with Crippen molar-refractivity contribution in [3.8, 4) is 5.75 Å². The van der Waals surface area contributed by atoms with Gasteiger partial charge in [0.05, 0.1) is 7.11 Å². The molecule has 1 saturated heterocycles. The van der Waals surface area contributed by atoms with E-state index in [0.29, 0.717) is 23.7 Å². The Balaban J connectivity index is 1.75. The molecule has 3 rings (SSSR count). The number of ether oxygens (including phenoxy) is 1. The van der Waals surface area contributed by atoms with Crippen molar-refractivity contribution in [3.05, 3.63) is 29.8 Å². The summed E-state index contributed by atoms with van der Waals surface area (Å²) in [5.74, 6) is 0.470. The van der Waals surface area contributed by atoms with Gasteiger partial charge in [0.15, 0.2) is 0 Å². The highest BCUT2D eigenvalue weighted by atomic mass is 16.5. The largest absolute Gasteiger partial charge is 0.497 e. The molecular formula is C19H25N3O4. The first kappa shape index (κ1) is 18.2. The Morgan fingerprint density at radius 1 is 1.35 bits per heavy atom. The number of methoxy groups -OCH3 is 1. The highest BCUT2D eigenvalue weighted by Crippen LogP contribution is 2.34. The van der Waals surface area contributed by atoms with Crippen LogP contribution in [0.25, 0.3) is 0 Å². The van der Waals surface area contributed by atoms with Crippen molar-refractivity contribution in [3.63, 3.8) is 0 Å². The molecule has 7 heteroatoms. The van der Waals surface area contributed by atoms with Gasteiger partial charge in [-0.1, -0.05) is 19.1 Å². The van der Waals surface area contributed by atoms with Gasteiger partial charge in [0.1, 0.15) is 17.8 Å². The van der Waals surface area contributed by atoms with Gasteiger partial charge in [0.25, 0.3) is 5.91 Å². The number of amides is 4. The lowest BCUT2D eigenvalue weighted by atomic mass is 9.87. The Morgan fingerprint density at radius 2 is 2.00 bits per heavy atom. The van der Waals surface area contributed by atoms with Crippen LogP contribution in [0.1, 0.15) is 38.7 Å². The predicted molar refractivity (Wildman–Crippen MR) is 95.5 cm³/mol. The molecule has 1 heterocycles. The van der Waals surface area contributed by atoms with Crippen LogP contribution in [-0.4, -0.2) is 42.4 Å². The Morgan fingerprint density at radius 3 is 2.54 bits per heavy atom. The van der Waals surface area contributed by atoms with E-state index >= 15 is 0 Å². The van der Waals surface area contributed by atoms with Crippen LogP contribution in [0.3, 0.4) is 0 Å². The Kier molecular flexibility index (Phi) is 4.89. The number of hydrogen-bond acceptors (Lipinski definition) is 4. The lowest BCUT2D eigenvalue weighted by Crippen LogP contribution is -2.46. The second-order valence-electron chi connectivity index (χ2n) is 7.00. The number of carbonyl (C=O) groups excluding carboxylic acids is 3. The number of carbonyl (C=O) groups is 3. The summed E-state index contributed by atoms with van der Waals surface area (Å²) in [6, 6.07) is 6.55. The van der Waals surface area contributed by atoms with E-state index in [0.717, 1.165) is 17.7 Å². The van der Waals surface area contributed by atoms with Crippen molar-refractivity contribution in [1.82, 2.24) is 15.5 Å². The fraction of sp³-hybridized carbons (Fsp3) is 0.526. The van der Waals surface area contributed by atoms with E-state index in [1.807, 2.05) is 13.8 Å². The molecule has 0 unspecified atom stereocenters. The number of hydrogen-bond donors (Lipinski definition) is 2. The van der Waals surface area contributed by atoms with Crippen LogP contribution in [0.15, 0.2) is 24.3 Å². The molecule has 1 aromatic rings. The maximum atomic E-state index is 13.0. The van der Waals surface area contributed by atoms with Crippen molar-refractivity contribution < 1.29 is 19.1 Å². The fourth-order valence-corrected chi connectivity index (χ4v) is 3.44. The lowest BCUT2D eigenvalue weighted by molar-refractivity contribution is -0.135. The number of rotatable bonds is 7. The zero-order valence-electron chi connectivity index (χ0n) is 15.4. The predicted octanol–water partition coefficient (Wildman–Crippen LogP) is 1.77. The van der Waals surface area contributed by atoms with Crippen LogP contribution in [0.4, 0.5) is 4.79 Å². The van der Waals surface area contributed by atoms with Crippen LogP contribution in [0.2, 0.25) is 0 Å². The maximum Gasteiger partial charge on any atom is 0.325 e. The van der Waals surface area contributed by atoms with Crippen LogP contribution >= 0.6 is 0 Å². The standard InChI is InChI=1S/C19H25N3O4/c1-4-19(14-7-9-15(26-3)10-8-14)17(24)22(18(25)21-19)11-16(23)20-12(2)13-5-6-13/h7-10,12-13H,4-6,11H2,1-3H3,(H,20,23)(H,21,25)/t12-,19-/m1/s1. The average molecular weight is 359 g/mol. The molecule has 1 aliphatic heterocycles. The summed E-state index contributed by atoms with van der Waals surface area (Å²) in [5, 5.41) is 5.66. The normalized spacial score (nSPS) is 23.6. The van der Waals surface area contributed by atoms with E-state index in [9.17, 15) is 14.4 Å². The molecule has 2 atom stereocenters. The summed E-state index contributed by atoms with van der Waals surface area (Å²) in [6.07, 6.45) is 2.61. The SMILES string of the molecule is CC[C@]1(c2ccc(OC)cc2)NC(=O)N(CC(=O)N[C@H](C)C2CC2)C1=O. The summed E-state index contributed by atoms with van der Waals surface area (Å²) < 4.78 is 5.15.